The van der Waals surface area contributed by atoms with Gasteiger partial charge in [0.2, 0.25) is 5.43 Å². The van der Waals surface area contributed by atoms with Crippen LogP contribution < -0.4 is 15.6 Å². The van der Waals surface area contributed by atoms with Crippen molar-refractivity contribution in [3.63, 3.8) is 0 Å². The molecule has 4 rings (SSSR count). The maximum atomic E-state index is 14.8. The Hall–Kier alpha value is -3.65. The van der Waals surface area contributed by atoms with Gasteiger partial charge in [0.1, 0.15) is 28.4 Å². The normalized spacial score (nSPS) is 18.5. The lowest BCUT2D eigenvalue weighted by atomic mass is 10.0. The van der Waals surface area contributed by atoms with Gasteiger partial charge in [0, 0.05) is 31.4 Å². The number of amides is 1. The fourth-order valence-corrected chi connectivity index (χ4v) is 3.84. The highest BCUT2D eigenvalue weighted by atomic mass is 19.4. The summed E-state index contributed by atoms with van der Waals surface area (Å²) in [7, 11) is 0. The van der Waals surface area contributed by atoms with Gasteiger partial charge in [-0.05, 0) is 26.0 Å². The number of halogens is 6. The minimum Gasteiger partial charge on any atom is -0.389 e. The predicted molar refractivity (Wildman–Crippen MR) is 119 cm³/mol. The molecule has 8 nitrogen and oxygen atoms in total. The van der Waals surface area contributed by atoms with Crippen LogP contribution in [0.15, 0.2) is 35.3 Å². The fraction of sp³-hybridized carbons (Fsp3) is 0.348. The van der Waals surface area contributed by atoms with E-state index in [0.29, 0.717) is 36.7 Å². The molecule has 1 aromatic carbocycles. The van der Waals surface area contributed by atoms with Crippen LogP contribution in [0.4, 0.5) is 32.2 Å². The number of aliphatic hydroxyl groups is 2. The number of nitrogens with zero attached hydrogens (tertiary/aromatic N) is 3. The predicted octanol–water partition coefficient (Wildman–Crippen LogP) is 2.42. The van der Waals surface area contributed by atoms with Crippen LogP contribution in [0.2, 0.25) is 0 Å². The lowest BCUT2D eigenvalue weighted by molar-refractivity contribution is -0.182. The van der Waals surface area contributed by atoms with E-state index in [4.69, 9.17) is 0 Å². The number of β-amino-alcohol motifs (C(OH)–C–C–N with tert-alkyl or cyclic N) is 2. The number of aliphatic hydroxyl groups excluding tert-OH is 2. The smallest absolute Gasteiger partial charge is 0.389 e. The van der Waals surface area contributed by atoms with Crippen molar-refractivity contribution in [3.05, 3.63) is 63.7 Å². The van der Waals surface area contributed by atoms with Crippen molar-refractivity contribution in [1.29, 1.82) is 0 Å². The Bertz CT molecular complexity index is 1420. The Kier molecular flexibility index (Phi) is 6.44. The van der Waals surface area contributed by atoms with Crippen LogP contribution in [0, 0.1) is 17.5 Å². The van der Waals surface area contributed by atoms with Crippen molar-refractivity contribution >= 4 is 22.8 Å². The van der Waals surface area contributed by atoms with Gasteiger partial charge in [0.05, 0.1) is 17.6 Å². The Balaban J connectivity index is 1.96. The quantitative estimate of drug-likeness (QED) is 0.448. The van der Waals surface area contributed by atoms with E-state index in [1.165, 1.54) is 11.0 Å². The first kappa shape index (κ1) is 26.4. The first-order chi connectivity index (χ1) is 17.1. The van der Waals surface area contributed by atoms with Gasteiger partial charge in [0.25, 0.3) is 5.91 Å². The summed E-state index contributed by atoms with van der Waals surface area (Å²) in [4.78, 5) is 31.5. The van der Waals surface area contributed by atoms with Crippen molar-refractivity contribution in [1.82, 2.24) is 14.9 Å². The molecule has 1 aliphatic heterocycles. The summed E-state index contributed by atoms with van der Waals surface area (Å²) in [6.07, 6.45) is -6.50. The third kappa shape index (κ3) is 4.73. The summed E-state index contributed by atoms with van der Waals surface area (Å²) in [5, 5.41) is 21.0. The molecular formula is C23H20F6N4O4. The van der Waals surface area contributed by atoms with Crippen molar-refractivity contribution in [2.45, 2.75) is 37.8 Å². The van der Waals surface area contributed by atoms with Crippen molar-refractivity contribution in [2.24, 2.45) is 0 Å². The molecule has 0 saturated carbocycles. The van der Waals surface area contributed by atoms with E-state index in [1.807, 2.05) is 0 Å². The lowest BCUT2D eigenvalue weighted by Crippen LogP contribution is -2.54. The molecule has 1 saturated heterocycles. The van der Waals surface area contributed by atoms with E-state index in [0.717, 1.165) is 6.07 Å². The van der Waals surface area contributed by atoms with Crippen LogP contribution >= 0.6 is 0 Å². The van der Waals surface area contributed by atoms with Gasteiger partial charge in [-0.15, -0.1) is 0 Å². The summed E-state index contributed by atoms with van der Waals surface area (Å²) >= 11 is 0. The van der Waals surface area contributed by atoms with Gasteiger partial charge in [0.15, 0.2) is 17.3 Å². The van der Waals surface area contributed by atoms with E-state index < -0.39 is 69.6 Å². The van der Waals surface area contributed by atoms with Crippen molar-refractivity contribution in [2.75, 3.05) is 18.0 Å². The number of carbonyl (C=O) groups is 1. The number of carbonyl (C=O) groups excluding carboxylic acids is 1. The third-order valence-corrected chi connectivity index (χ3v) is 6.02. The van der Waals surface area contributed by atoms with Gasteiger partial charge >= 0.3 is 6.18 Å². The topological polar surface area (TPSA) is 108 Å². The number of benzene rings is 1. The molecule has 0 aliphatic carbocycles. The van der Waals surface area contributed by atoms with Crippen LogP contribution in [-0.4, -0.2) is 62.7 Å². The number of anilines is 1. The second-order valence-corrected chi connectivity index (χ2v) is 9.12. The zero-order chi connectivity index (χ0) is 27.4. The highest BCUT2D eigenvalue weighted by Crippen LogP contribution is 2.30. The molecular weight excluding hydrogens is 510 g/mol. The Labute approximate surface area is 204 Å². The first-order valence-electron chi connectivity index (χ1n) is 10.8. The summed E-state index contributed by atoms with van der Waals surface area (Å²) in [5.74, 6) is -5.54. The zero-order valence-corrected chi connectivity index (χ0v) is 19.3. The molecule has 3 N–H and O–H groups in total. The average molecular weight is 530 g/mol. The van der Waals surface area contributed by atoms with Crippen LogP contribution in [-0.2, 0) is 0 Å². The Morgan fingerprint density at radius 1 is 1.05 bits per heavy atom. The number of rotatable bonds is 4. The third-order valence-electron chi connectivity index (χ3n) is 6.02. The zero-order valence-electron chi connectivity index (χ0n) is 19.3. The number of alkyl halides is 3. The number of aromatic nitrogens is 2. The van der Waals surface area contributed by atoms with Gasteiger partial charge in [-0.2, -0.15) is 13.2 Å². The van der Waals surface area contributed by atoms with Crippen molar-refractivity contribution < 1.29 is 41.4 Å². The molecule has 0 radical (unpaired) electrons. The number of hydrogen-bond acceptors (Lipinski definition) is 6. The monoisotopic (exact) mass is 530 g/mol. The second-order valence-electron chi connectivity index (χ2n) is 9.12. The maximum Gasteiger partial charge on any atom is 0.410 e. The van der Waals surface area contributed by atoms with Crippen LogP contribution in [0.25, 0.3) is 16.7 Å². The standard InChI is InChI=1S/C23H20F6N4O4/c1-22(2,23(27,28)29)31-21(37)12-7-33(18-13(25)5-10(24)6-14(18)26)20-11(19(12)36)3-4-17(30-20)32-8-15(34)16(35)9-32/h3-7,15-16,34-35H,8-9H2,1-2H3,(H,31,37)/t15-,16-/m1/s1. The molecule has 3 aromatic rings. The van der Waals surface area contributed by atoms with E-state index in [2.05, 4.69) is 4.98 Å². The molecule has 37 heavy (non-hydrogen) atoms. The molecule has 3 heterocycles. The highest BCUT2D eigenvalue weighted by Gasteiger charge is 2.48. The van der Waals surface area contributed by atoms with E-state index in [9.17, 15) is 46.1 Å². The summed E-state index contributed by atoms with van der Waals surface area (Å²) in [6, 6.07) is 3.09. The van der Waals surface area contributed by atoms with Crippen molar-refractivity contribution in [3.8, 4) is 5.69 Å². The molecule has 198 valence electrons. The number of hydrogen-bond donors (Lipinski definition) is 3. The molecule has 1 amide bonds. The average Bonchev–Trinajstić information content (AvgIpc) is 3.11. The van der Waals surface area contributed by atoms with E-state index >= 15 is 0 Å². The summed E-state index contributed by atoms with van der Waals surface area (Å²) < 4.78 is 83.7. The Morgan fingerprint density at radius 2 is 1.62 bits per heavy atom. The lowest BCUT2D eigenvalue weighted by Gasteiger charge is -2.29. The largest absolute Gasteiger partial charge is 0.410 e. The highest BCUT2D eigenvalue weighted by molar-refractivity contribution is 5.97. The summed E-state index contributed by atoms with van der Waals surface area (Å²) in [5.41, 5.74) is -6.07. The van der Waals surface area contributed by atoms with Crippen LogP contribution in [0.1, 0.15) is 24.2 Å². The minimum absolute atomic E-state index is 0.0593. The minimum atomic E-state index is -4.89. The van der Waals surface area contributed by atoms with Gasteiger partial charge in [-0.25, -0.2) is 18.2 Å². The molecule has 0 spiro atoms. The number of fused-ring (bicyclic) bond motifs is 1. The molecule has 1 aliphatic rings. The molecule has 1 fully saturated rings. The van der Waals surface area contributed by atoms with Crippen LogP contribution in [0.3, 0.4) is 0 Å². The molecule has 14 heteroatoms. The molecule has 0 unspecified atom stereocenters. The van der Waals surface area contributed by atoms with Gasteiger partial charge in [-0.1, -0.05) is 0 Å². The maximum absolute atomic E-state index is 14.8. The molecule has 2 atom stereocenters. The number of nitrogens with one attached hydrogen (secondary N) is 1. The van der Waals surface area contributed by atoms with E-state index in [1.54, 1.807) is 5.32 Å². The van der Waals surface area contributed by atoms with Gasteiger partial charge < -0.3 is 20.4 Å². The van der Waals surface area contributed by atoms with Crippen LogP contribution in [0.5, 0.6) is 0 Å². The number of pyridine rings is 2. The Morgan fingerprint density at radius 3 is 2.16 bits per heavy atom. The first-order valence-corrected chi connectivity index (χ1v) is 10.8. The van der Waals surface area contributed by atoms with Gasteiger partial charge in [-0.3, -0.25) is 14.2 Å². The molecule has 0 bridgehead atoms. The SMILES string of the molecule is CC(C)(NC(=O)c1cn(-c2c(F)cc(F)cc2F)c2nc(N3C[C@@H](O)[C@H](O)C3)ccc2c1=O)C(F)(F)F. The second kappa shape index (κ2) is 9.03. The summed E-state index contributed by atoms with van der Waals surface area (Å²) in [6.45, 7) is 1.21. The molecule has 2 aromatic heterocycles. The fourth-order valence-electron chi connectivity index (χ4n) is 3.84. The van der Waals surface area contributed by atoms with E-state index in [-0.39, 0.29) is 24.3 Å².